The van der Waals surface area contributed by atoms with Crippen LogP contribution in [0.5, 0.6) is 0 Å². The van der Waals surface area contributed by atoms with Crippen molar-refractivity contribution in [1.29, 1.82) is 0 Å². The van der Waals surface area contributed by atoms with Crippen molar-refractivity contribution < 1.29 is 14.3 Å². The fourth-order valence-corrected chi connectivity index (χ4v) is 5.96. The first-order valence-corrected chi connectivity index (χ1v) is 10.9. The molecule has 0 bridgehead atoms. The van der Waals surface area contributed by atoms with Gasteiger partial charge in [0.1, 0.15) is 5.54 Å². The van der Waals surface area contributed by atoms with E-state index in [2.05, 4.69) is 34.1 Å². The van der Waals surface area contributed by atoms with E-state index in [9.17, 15) is 9.59 Å². The summed E-state index contributed by atoms with van der Waals surface area (Å²) in [5.74, 6) is 0.398. The molecule has 0 unspecified atom stereocenters. The van der Waals surface area contributed by atoms with Crippen LogP contribution in [0.15, 0.2) is 54.6 Å². The summed E-state index contributed by atoms with van der Waals surface area (Å²) in [6.45, 7) is 2.63. The van der Waals surface area contributed by atoms with Gasteiger partial charge in [-0.2, -0.15) is 0 Å². The second-order valence-electron chi connectivity index (χ2n) is 8.77. The lowest BCUT2D eigenvalue weighted by Crippen LogP contribution is -2.49. The van der Waals surface area contributed by atoms with Gasteiger partial charge in [-0.1, -0.05) is 42.5 Å². The van der Waals surface area contributed by atoms with E-state index in [4.69, 9.17) is 4.74 Å². The molecule has 3 saturated heterocycles. The highest BCUT2D eigenvalue weighted by atomic mass is 16.5. The second kappa shape index (κ2) is 7.55. The molecule has 156 valence electrons. The summed E-state index contributed by atoms with van der Waals surface area (Å²) in [5.41, 5.74) is 2.73. The minimum atomic E-state index is -0.317. The van der Waals surface area contributed by atoms with E-state index in [1.165, 1.54) is 18.2 Å². The van der Waals surface area contributed by atoms with Crippen LogP contribution < -0.4 is 0 Å². The SMILES string of the molecule is COC(=O)c1ccc([C@@H]2C[C@H]3CN(CCc4ccccc4)C(=O)[C@]34CCCN24)cc1. The molecule has 2 aromatic carbocycles. The molecule has 3 atom stereocenters. The Kier molecular flexibility index (Phi) is 4.86. The number of methoxy groups -OCH3 is 1. The molecule has 0 saturated carbocycles. The lowest BCUT2D eigenvalue weighted by Gasteiger charge is -2.33. The van der Waals surface area contributed by atoms with E-state index in [1.807, 2.05) is 30.3 Å². The van der Waals surface area contributed by atoms with E-state index in [0.29, 0.717) is 17.4 Å². The van der Waals surface area contributed by atoms with Gasteiger partial charge >= 0.3 is 5.97 Å². The third-order valence-corrected chi connectivity index (χ3v) is 7.36. The minimum Gasteiger partial charge on any atom is -0.465 e. The molecule has 0 radical (unpaired) electrons. The van der Waals surface area contributed by atoms with E-state index in [0.717, 1.165) is 45.3 Å². The molecule has 3 aliphatic rings. The normalized spacial score (nSPS) is 27.9. The van der Waals surface area contributed by atoms with Crippen molar-refractivity contribution in [2.24, 2.45) is 5.92 Å². The predicted molar refractivity (Wildman–Crippen MR) is 114 cm³/mol. The van der Waals surface area contributed by atoms with Crippen LogP contribution in [-0.2, 0) is 16.0 Å². The van der Waals surface area contributed by atoms with Gasteiger partial charge < -0.3 is 9.64 Å². The van der Waals surface area contributed by atoms with Crippen molar-refractivity contribution >= 4 is 11.9 Å². The monoisotopic (exact) mass is 404 g/mol. The van der Waals surface area contributed by atoms with Crippen LogP contribution >= 0.6 is 0 Å². The summed E-state index contributed by atoms with van der Waals surface area (Å²) in [6, 6.07) is 18.4. The minimum absolute atomic E-state index is 0.254. The molecule has 30 heavy (non-hydrogen) atoms. The first-order chi connectivity index (χ1) is 14.6. The van der Waals surface area contributed by atoms with Gasteiger partial charge in [-0.25, -0.2) is 4.79 Å². The summed E-state index contributed by atoms with van der Waals surface area (Å²) in [4.78, 5) is 29.9. The third kappa shape index (κ3) is 2.95. The summed E-state index contributed by atoms with van der Waals surface area (Å²) in [5, 5.41) is 0. The van der Waals surface area contributed by atoms with Gasteiger partial charge in [-0.05, 0) is 55.5 Å². The van der Waals surface area contributed by atoms with E-state index in [1.54, 1.807) is 0 Å². The summed E-state index contributed by atoms with van der Waals surface area (Å²) in [6.07, 6.45) is 3.96. The fraction of sp³-hybridized carbons (Fsp3) is 0.440. The average Bonchev–Trinajstić information content (AvgIpc) is 3.42. The molecule has 3 aliphatic heterocycles. The van der Waals surface area contributed by atoms with Crippen molar-refractivity contribution in [3.05, 3.63) is 71.3 Å². The Labute approximate surface area is 177 Å². The molecule has 5 nitrogen and oxygen atoms in total. The Morgan fingerprint density at radius 3 is 2.63 bits per heavy atom. The quantitative estimate of drug-likeness (QED) is 0.717. The summed E-state index contributed by atoms with van der Waals surface area (Å²) < 4.78 is 4.81. The molecule has 0 aliphatic carbocycles. The van der Waals surface area contributed by atoms with Crippen LogP contribution in [0.25, 0.3) is 0 Å². The number of amides is 1. The Hall–Kier alpha value is -2.66. The maximum Gasteiger partial charge on any atom is 0.337 e. The first-order valence-electron chi connectivity index (χ1n) is 10.9. The zero-order valence-corrected chi connectivity index (χ0v) is 17.4. The zero-order chi connectivity index (χ0) is 20.7. The third-order valence-electron chi connectivity index (χ3n) is 7.36. The van der Waals surface area contributed by atoms with E-state index >= 15 is 0 Å². The number of nitrogens with zero attached hydrogens (tertiary/aromatic N) is 2. The molecule has 2 aromatic rings. The number of ether oxygens (including phenoxy) is 1. The smallest absolute Gasteiger partial charge is 0.337 e. The Morgan fingerprint density at radius 1 is 1.13 bits per heavy atom. The zero-order valence-electron chi connectivity index (χ0n) is 17.4. The molecule has 3 fully saturated rings. The Balaban J connectivity index is 1.33. The van der Waals surface area contributed by atoms with Crippen LogP contribution in [0.4, 0.5) is 0 Å². The Bertz CT molecular complexity index is 943. The van der Waals surface area contributed by atoms with Gasteiger partial charge in [0, 0.05) is 25.0 Å². The van der Waals surface area contributed by atoms with Crippen molar-refractivity contribution in [1.82, 2.24) is 9.80 Å². The summed E-state index contributed by atoms with van der Waals surface area (Å²) in [7, 11) is 1.40. The van der Waals surface area contributed by atoms with Crippen LogP contribution in [0.3, 0.4) is 0 Å². The molecule has 3 heterocycles. The van der Waals surface area contributed by atoms with Gasteiger partial charge in [0.05, 0.1) is 12.7 Å². The van der Waals surface area contributed by atoms with Crippen molar-refractivity contribution in [3.8, 4) is 0 Å². The highest BCUT2D eigenvalue weighted by Gasteiger charge is 2.64. The van der Waals surface area contributed by atoms with Crippen LogP contribution in [-0.4, -0.2) is 54.0 Å². The van der Waals surface area contributed by atoms with Gasteiger partial charge in [0.15, 0.2) is 0 Å². The molecule has 1 spiro atoms. The first kappa shape index (κ1) is 19.3. The number of rotatable bonds is 5. The Morgan fingerprint density at radius 2 is 1.90 bits per heavy atom. The van der Waals surface area contributed by atoms with Crippen molar-refractivity contribution in [2.45, 2.75) is 37.3 Å². The predicted octanol–water partition coefficient (Wildman–Crippen LogP) is 3.45. The highest BCUT2D eigenvalue weighted by molar-refractivity contribution is 5.90. The lowest BCUT2D eigenvalue weighted by atomic mass is 9.85. The maximum absolute atomic E-state index is 13.6. The molecular weight excluding hydrogens is 376 g/mol. The van der Waals surface area contributed by atoms with Gasteiger partial charge in [-0.3, -0.25) is 9.69 Å². The second-order valence-corrected chi connectivity index (χ2v) is 8.77. The molecule has 0 aromatic heterocycles. The molecular formula is C25H28N2O3. The van der Waals surface area contributed by atoms with Gasteiger partial charge in [0.2, 0.25) is 5.91 Å². The van der Waals surface area contributed by atoms with Gasteiger partial charge in [-0.15, -0.1) is 0 Å². The lowest BCUT2D eigenvalue weighted by molar-refractivity contribution is -0.136. The van der Waals surface area contributed by atoms with Crippen LogP contribution in [0.2, 0.25) is 0 Å². The maximum atomic E-state index is 13.6. The number of hydrogen-bond donors (Lipinski definition) is 0. The number of likely N-dealkylation sites (tertiary alicyclic amines) is 1. The van der Waals surface area contributed by atoms with Crippen molar-refractivity contribution in [2.75, 3.05) is 26.7 Å². The number of benzene rings is 2. The number of esters is 1. The molecule has 5 rings (SSSR count). The fourth-order valence-electron chi connectivity index (χ4n) is 5.96. The number of carbonyl (C=O) groups is 2. The molecule has 5 heteroatoms. The largest absolute Gasteiger partial charge is 0.465 e. The standard InChI is InChI=1S/C25H28N2O3/c1-30-23(28)20-10-8-19(9-11-20)22-16-21-17-26(15-12-18-6-3-2-4-7-18)24(29)25(21)13-5-14-27(22)25/h2-4,6-11,21-22H,5,12-17H2,1H3/t21-,22-,25-/m0/s1. The van der Waals surface area contributed by atoms with Crippen LogP contribution in [0.1, 0.15) is 46.8 Å². The van der Waals surface area contributed by atoms with E-state index in [-0.39, 0.29) is 17.6 Å². The summed E-state index contributed by atoms with van der Waals surface area (Å²) >= 11 is 0. The topological polar surface area (TPSA) is 49.9 Å². The van der Waals surface area contributed by atoms with Crippen LogP contribution in [0, 0.1) is 5.92 Å². The van der Waals surface area contributed by atoms with Crippen molar-refractivity contribution in [3.63, 3.8) is 0 Å². The van der Waals surface area contributed by atoms with Gasteiger partial charge in [0.25, 0.3) is 0 Å². The number of carbonyl (C=O) groups excluding carboxylic acids is 2. The number of hydrogen-bond acceptors (Lipinski definition) is 4. The highest BCUT2D eigenvalue weighted by Crippen LogP contribution is 2.55. The molecule has 1 amide bonds. The van der Waals surface area contributed by atoms with E-state index < -0.39 is 0 Å². The molecule has 0 N–H and O–H groups in total. The average molecular weight is 405 g/mol.